The van der Waals surface area contributed by atoms with Crippen molar-refractivity contribution in [2.75, 3.05) is 5.33 Å². The number of halogens is 2. The summed E-state index contributed by atoms with van der Waals surface area (Å²) in [4.78, 5) is 0. The third kappa shape index (κ3) is 4.42. The quantitative estimate of drug-likeness (QED) is 0.600. The Labute approximate surface area is 126 Å². The molecular weight excluding hydrogens is 328 g/mol. The SMILES string of the molecule is Clc1cccc(CC(CBr)CCc2ccsc2)c1. The number of aryl methyl sites for hydroxylation is 1. The summed E-state index contributed by atoms with van der Waals surface area (Å²) in [6, 6.07) is 10.4. The lowest BCUT2D eigenvalue weighted by Gasteiger charge is -2.13. The van der Waals surface area contributed by atoms with E-state index in [1.807, 2.05) is 12.1 Å². The largest absolute Gasteiger partial charge is 0.152 e. The highest BCUT2D eigenvalue weighted by atomic mass is 79.9. The smallest absolute Gasteiger partial charge is 0.0408 e. The molecule has 0 spiro atoms. The van der Waals surface area contributed by atoms with Gasteiger partial charge in [0.15, 0.2) is 0 Å². The van der Waals surface area contributed by atoms with E-state index in [0.29, 0.717) is 5.92 Å². The number of rotatable bonds is 6. The van der Waals surface area contributed by atoms with E-state index in [-0.39, 0.29) is 0 Å². The first-order valence-electron chi connectivity index (χ1n) is 6.09. The van der Waals surface area contributed by atoms with Crippen molar-refractivity contribution >= 4 is 38.9 Å². The molecule has 0 aliphatic heterocycles. The zero-order chi connectivity index (χ0) is 12.8. The normalized spacial score (nSPS) is 12.6. The predicted molar refractivity (Wildman–Crippen MR) is 85.1 cm³/mol. The van der Waals surface area contributed by atoms with Gasteiger partial charge in [-0.05, 0) is 65.3 Å². The Morgan fingerprint density at radius 1 is 1.22 bits per heavy atom. The minimum atomic E-state index is 0.670. The minimum Gasteiger partial charge on any atom is -0.152 e. The fourth-order valence-electron chi connectivity index (χ4n) is 2.04. The van der Waals surface area contributed by atoms with E-state index in [1.165, 1.54) is 24.0 Å². The van der Waals surface area contributed by atoms with Crippen LogP contribution in [0.1, 0.15) is 17.5 Å². The first-order chi connectivity index (χ1) is 8.78. The summed E-state index contributed by atoms with van der Waals surface area (Å²) in [7, 11) is 0. The topological polar surface area (TPSA) is 0 Å². The highest BCUT2D eigenvalue weighted by Gasteiger charge is 2.09. The van der Waals surface area contributed by atoms with E-state index in [4.69, 9.17) is 11.6 Å². The lowest BCUT2D eigenvalue weighted by Crippen LogP contribution is -2.07. The molecule has 18 heavy (non-hydrogen) atoms. The summed E-state index contributed by atoms with van der Waals surface area (Å²) >= 11 is 11.4. The zero-order valence-electron chi connectivity index (χ0n) is 10.1. The van der Waals surface area contributed by atoms with Gasteiger partial charge in [-0.1, -0.05) is 39.7 Å². The molecule has 0 fully saturated rings. The summed E-state index contributed by atoms with van der Waals surface area (Å²) in [5, 5.41) is 6.27. The van der Waals surface area contributed by atoms with Crippen LogP contribution >= 0.6 is 38.9 Å². The van der Waals surface area contributed by atoms with Gasteiger partial charge < -0.3 is 0 Å². The van der Waals surface area contributed by atoms with Crippen LogP contribution < -0.4 is 0 Å². The lowest BCUT2D eigenvalue weighted by atomic mass is 9.95. The first kappa shape index (κ1) is 14.1. The third-order valence-corrected chi connectivity index (χ3v) is 4.94. The average Bonchev–Trinajstić information content (AvgIpc) is 2.87. The third-order valence-electron chi connectivity index (χ3n) is 3.05. The molecule has 0 saturated carbocycles. The van der Waals surface area contributed by atoms with Crippen molar-refractivity contribution in [2.24, 2.45) is 5.92 Å². The fraction of sp³-hybridized carbons (Fsp3) is 0.333. The lowest BCUT2D eigenvalue weighted by molar-refractivity contribution is 0.543. The minimum absolute atomic E-state index is 0.670. The number of hydrogen-bond donors (Lipinski definition) is 0. The van der Waals surface area contributed by atoms with Gasteiger partial charge in [0, 0.05) is 10.4 Å². The van der Waals surface area contributed by atoms with Gasteiger partial charge in [-0.25, -0.2) is 0 Å². The van der Waals surface area contributed by atoms with Gasteiger partial charge in [0.1, 0.15) is 0 Å². The van der Waals surface area contributed by atoms with E-state index >= 15 is 0 Å². The van der Waals surface area contributed by atoms with Crippen LogP contribution in [0.4, 0.5) is 0 Å². The van der Waals surface area contributed by atoms with E-state index in [9.17, 15) is 0 Å². The number of hydrogen-bond acceptors (Lipinski definition) is 1. The molecule has 3 heteroatoms. The molecule has 1 aromatic carbocycles. The zero-order valence-corrected chi connectivity index (χ0v) is 13.3. The molecule has 0 saturated heterocycles. The van der Waals surface area contributed by atoms with Gasteiger partial charge in [0.25, 0.3) is 0 Å². The molecule has 2 aromatic rings. The standard InChI is InChI=1S/C15H16BrClS/c16-10-14(5-4-12-6-7-18-11-12)8-13-2-1-3-15(17)9-13/h1-3,6-7,9,11,14H,4-5,8,10H2. The Bertz CT molecular complexity index is 467. The molecule has 0 aliphatic rings. The Balaban J connectivity index is 1.89. The summed E-state index contributed by atoms with van der Waals surface area (Å²) < 4.78 is 0. The predicted octanol–water partition coefficient (Wildman–Crippen LogP) is 5.59. The van der Waals surface area contributed by atoms with Crippen LogP contribution in [0, 0.1) is 5.92 Å². The summed E-state index contributed by atoms with van der Waals surface area (Å²) in [6.07, 6.45) is 3.48. The second-order valence-electron chi connectivity index (χ2n) is 4.52. The van der Waals surface area contributed by atoms with Gasteiger partial charge in [0.2, 0.25) is 0 Å². The number of thiophene rings is 1. The van der Waals surface area contributed by atoms with Crippen molar-refractivity contribution in [1.82, 2.24) is 0 Å². The average molecular weight is 344 g/mol. The Morgan fingerprint density at radius 2 is 2.11 bits per heavy atom. The van der Waals surface area contributed by atoms with Crippen molar-refractivity contribution < 1.29 is 0 Å². The van der Waals surface area contributed by atoms with Crippen LogP contribution in [-0.4, -0.2) is 5.33 Å². The molecule has 0 nitrogen and oxygen atoms in total. The van der Waals surface area contributed by atoms with Crippen LogP contribution in [0.5, 0.6) is 0 Å². The summed E-state index contributed by atoms with van der Waals surface area (Å²) in [6.45, 7) is 0. The maximum atomic E-state index is 6.02. The van der Waals surface area contributed by atoms with Crippen molar-refractivity contribution in [1.29, 1.82) is 0 Å². The summed E-state index contributed by atoms with van der Waals surface area (Å²) in [5.41, 5.74) is 2.79. The van der Waals surface area contributed by atoms with Gasteiger partial charge >= 0.3 is 0 Å². The Morgan fingerprint density at radius 3 is 2.78 bits per heavy atom. The highest BCUT2D eigenvalue weighted by molar-refractivity contribution is 9.09. The number of benzene rings is 1. The molecule has 0 bridgehead atoms. The van der Waals surface area contributed by atoms with Crippen LogP contribution in [0.15, 0.2) is 41.1 Å². The maximum Gasteiger partial charge on any atom is 0.0408 e. The molecule has 2 rings (SSSR count). The second-order valence-corrected chi connectivity index (χ2v) is 6.39. The van der Waals surface area contributed by atoms with Gasteiger partial charge in [-0.3, -0.25) is 0 Å². The van der Waals surface area contributed by atoms with Gasteiger partial charge in [0.05, 0.1) is 0 Å². The van der Waals surface area contributed by atoms with Crippen LogP contribution in [0.25, 0.3) is 0 Å². The molecule has 0 radical (unpaired) electrons. The number of alkyl halides is 1. The van der Waals surface area contributed by atoms with Crippen LogP contribution in [0.2, 0.25) is 5.02 Å². The van der Waals surface area contributed by atoms with Crippen molar-refractivity contribution in [2.45, 2.75) is 19.3 Å². The summed E-state index contributed by atoms with van der Waals surface area (Å²) in [5.74, 6) is 0.670. The molecule has 0 aliphatic carbocycles. The Kier molecular flexibility index (Phi) is 5.74. The van der Waals surface area contributed by atoms with E-state index in [2.05, 4.69) is 44.9 Å². The molecule has 1 unspecified atom stereocenters. The maximum absolute atomic E-state index is 6.02. The second kappa shape index (κ2) is 7.32. The molecule has 96 valence electrons. The van der Waals surface area contributed by atoms with Crippen LogP contribution in [-0.2, 0) is 12.8 Å². The Hall–Kier alpha value is -0.310. The first-order valence-corrected chi connectivity index (χ1v) is 8.53. The van der Waals surface area contributed by atoms with Crippen molar-refractivity contribution in [3.05, 3.63) is 57.2 Å². The van der Waals surface area contributed by atoms with Crippen molar-refractivity contribution in [3.8, 4) is 0 Å². The molecule has 1 aromatic heterocycles. The molecule has 0 amide bonds. The van der Waals surface area contributed by atoms with Gasteiger partial charge in [-0.2, -0.15) is 11.3 Å². The van der Waals surface area contributed by atoms with E-state index in [0.717, 1.165) is 16.8 Å². The molecule has 0 N–H and O–H groups in total. The van der Waals surface area contributed by atoms with Crippen LogP contribution in [0.3, 0.4) is 0 Å². The monoisotopic (exact) mass is 342 g/mol. The van der Waals surface area contributed by atoms with Crippen molar-refractivity contribution in [3.63, 3.8) is 0 Å². The van der Waals surface area contributed by atoms with E-state index in [1.54, 1.807) is 11.3 Å². The van der Waals surface area contributed by atoms with Gasteiger partial charge in [-0.15, -0.1) is 0 Å². The molecular formula is C15H16BrClS. The fourth-order valence-corrected chi connectivity index (χ4v) is 3.51. The molecule has 1 atom stereocenters. The molecule has 1 heterocycles. The highest BCUT2D eigenvalue weighted by Crippen LogP contribution is 2.20. The van der Waals surface area contributed by atoms with E-state index < -0.39 is 0 Å².